The Labute approximate surface area is 203 Å². The van der Waals surface area contributed by atoms with Gasteiger partial charge in [-0.25, -0.2) is 4.68 Å². The highest BCUT2D eigenvalue weighted by atomic mass is 32.1. The molecule has 0 saturated heterocycles. The van der Waals surface area contributed by atoms with E-state index >= 15 is 0 Å². The van der Waals surface area contributed by atoms with Crippen LogP contribution in [0.15, 0.2) is 42.7 Å². The Kier molecular flexibility index (Phi) is 5.57. The van der Waals surface area contributed by atoms with Crippen molar-refractivity contribution in [1.29, 1.82) is 5.26 Å². The lowest BCUT2D eigenvalue weighted by atomic mass is 9.93. The molecule has 1 atom stereocenters. The predicted octanol–water partition coefficient (Wildman–Crippen LogP) is 5.65. The van der Waals surface area contributed by atoms with Crippen molar-refractivity contribution in [3.63, 3.8) is 0 Å². The first-order valence-corrected chi connectivity index (χ1v) is 11.4. The first kappa shape index (κ1) is 24.2. The number of aliphatic hydroxyl groups is 1. The molecular formula is C23H15F6N5OS. The van der Waals surface area contributed by atoms with Crippen molar-refractivity contribution < 1.29 is 31.4 Å². The minimum Gasteiger partial charge on any atom is -0.375 e. The third-order valence-corrected chi connectivity index (χ3v) is 7.13. The zero-order valence-electron chi connectivity index (χ0n) is 18.1. The van der Waals surface area contributed by atoms with Crippen LogP contribution >= 0.6 is 11.3 Å². The molecule has 1 saturated carbocycles. The fourth-order valence-corrected chi connectivity index (χ4v) is 5.22. The fraction of sp³-hybridized carbons (Fsp3) is 0.304. The van der Waals surface area contributed by atoms with Gasteiger partial charge in [0.25, 0.3) is 0 Å². The number of aromatic nitrogens is 4. The fourth-order valence-electron chi connectivity index (χ4n) is 4.14. The number of nitrogens with zero attached hydrogens (tertiary/aromatic N) is 5. The molecule has 0 amide bonds. The second-order valence-corrected chi connectivity index (χ2v) is 9.57. The summed E-state index contributed by atoms with van der Waals surface area (Å²) >= 11 is 1.13. The molecule has 0 aliphatic heterocycles. The number of hydrogen-bond donors (Lipinski definition) is 1. The number of halogens is 6. The number of thiophene rings is 1. The average Bonchev–Trinajstić information content (AvgIpc) is 3.46. The van der Waals surface area contributed by atoms with Crippen molar-refractivity contribution in [3.8, 4) is 17.2 Å². The summed E-state index contributed by atoms with van der Waals surface area (Å²) in [5, 5.41) is 27.9. The molecule has 0 radical (unpaired) electrons. The first-order chi connectivity index (χ1) is 16.9. The summed E-state index contributed by atoms with van der Waals surface area (Å²) in [6.45, 7) is 0.0541. The van der Waals surface area contributed by atoms with E-state index in [0.29, 0.717) is 26.8 Å². The molecule has 1 aliphatic carbocycles. The lowest BCUT2D eigenvalue weighted by Crippen LogP contribution is -2.44. The zero-order valence-corrected chi connectivity index (χ0v) is 18.9. The standard InChI is InChI=1S/C23H15F6N5OS/c24-22(25,26)18-6-2-13(9-31-18)20-15-5-1-12(7-16(15)36-17(20)8-30)10-34-11-19(32-33-34)21(35,14-3-4-14)23(27,28)29/h1-2,5-7,9,11,14,35H,3-4,10H2. The maximum absolute atomic E-state index is 13.6. The molecule has 3 aromatic heterocycles. The van der Waals surface area contributed by atoms with Crippen molar-refractivity contribution in [3.05, 3.63) is 64.6 Å². The normalized spacial score (nSPS) is 16.2. The van der Waals surface area contributed by atoms with E-state index in [4.69, 9.17) is 0 Å². The van der Waals surface area contributed by atoms with E-state index in [2.05, 4.69) is 21.4 Å². The molecular weight excluding hydrogens is 508 g/mol. The van der Waals surface area contributed by atoms with Gasteiger partial charge in [0.05, 0.1) is 12.7 Å². The number of alkyl halides is 6. The highest BCUT2D eigenvalue weighted by molar-refractivity contribution is 7.20. The summed E-state index contributed by atoms with van der Waals surface area (Å²) in [4.78, 5) is 3.75. The molecule has 6 nitrogen and oxygen atoms in total. The number of benzene rings is 1. The molecule has 1 N–H and O–H groups in total. The van der Waals surface area contributed by atoms with Gasteiger partial charge in [-0.05, 0) is 30.5 Å². The molecule has 1 unspecified atom stereocenters. The summed E-state index contributed by atoms with van der Waals surface area (Å²) in [7, 11) is 0. The van der Waals surface area contributed by atoms with Crippen LogP contribution < -0.4 is 0 Å². The van der Waals surface area contributed by atoms with Gasteiger partial charge in [-0.3, -0.25) is 4.98 Å². The van der Waals surface area contributed by atoms with Crippen molar-refractivity contribution in [2.45, 2.75) is 37.3 Å². The van der Waals surface area contributed by atoms with Crippen molar-refractivity contribution >= 4 is 21.4 Å². The van der Waals surface area contributed by atoms with E-state index in [1.165, 1.54) is 10.7 Å². The lowest BCUT2D eigenvalue weighted by Gasteiger charge is -2.28. The molecule has 1 aliphatic rings. The third kappa shape index (κ3) is 4.10. The smallest absolute Gasteiger partial charge is 0.375 e. The van der Waals surface area contributed by atoms with Crippen molar-refractivity contribution in [2.75, 3.05) is 0 Å². The van der Waals surface area contributed by atoms with Crippen LogP contribution in [0.1, 0.15) is 34.7 Å². The quantitative estimate of drug-likeness (QED) is 0.342. The molecule has 1 fully saturated rings. The highest BCUT2D eigenvalue weighted by Crippen LogP contribution is 2.53. The molecule has 36 heavy (non-hydrogen) atoms. The monoisotopic (exact) mass is 523 g/mol. The van der Waals surface area contributed by atoms with Gasteiger partial charge in [0, 0.05) is 33.3 Å². The summed E-state index contributed by atoms with van der Waals surface area (Å²) in [6.07, 6.45) is -6.84. The Morgan fingerprint density at radius 3 is 2.42 bits per heavy atom. The Bertz CT molecular complexity index is 1480. The summed E-state index contributed by atoms with van der Waals surface area (Å²) in [6, 6.07) is 9.24. The van der Waals surface area contributed by atoms with E-state index in [1.54, 1.807) is 18.2 Å². The maximum Gasteiger partial charge on any atom is 0.433 e. The molecule has 0 bridgehead atoms. The van der Waals surface area contributed by atoms with E-state index in [9.17, 15) is 36.7 Å². The number of hydrogen-bond acceptors (Lipinski definition) is 6. The number of pyridine rings is 1. The average molecular weight is 523 g/mol. The van der Waals surface area contributed by atoms with Gasteiger partial charge in [-0.1, -0.05) is 23.4 Å². The third-order valence-electron chi connectivity index (χ3n) is 6.07. The van der Waals surface area contributed by atoms with E-state index in [1.807, 2.05) is 0 Å². The second-order valence-electron chi connectivity index (χ2n) is 8.52. The van der Waals surface area contributed by atoms with E-state index in [0.717, 1.165) is 29.8 Å². The number of rotatable bonds is 5. The summed E-state index contributed by atoms with van der Waals surface area (Å²) in [5.41, 5.74) is -3.20. The van der Waals surface area contributed by atoms with Gasteiger partial charge in [-0.2, -0.15) is 31.6 Å². The molecule has 0 spiro atoms. The Morgan fingerprint density at radius 1 is 1.08 bits per heavy atom. The van der Waals surface area contributed by atoms with Gasteiger partial charge < -0.3 is 5.11 Å². The Hall–Kier alpha value is -3.50. The molecule has 5 rings (SSSR count). The van der Waals surface area contributed by atoms with Crippen LogP contribution in [0.4, 0.5) is 26.3 Å². The number of nitriles is 1. The Morgan fingerprint density at radius 2 is 1.83 bits per heavy atom. The Balaban J connectivity index is 1.45. The molecule has 186 valence electrons. The molecule has 1 aromatic carbocycles. The second kappa shape index (κ2) is 8.28. The van der Waals surface area contributed by atoms with Gasteiger partial charge in [0.15, 0.2) is 0 Å². The lowest BCUT2D eigenvalue weighted by molar-refractivity contribution is -0.277. The van der Waals surface area contributed by atoms with Crippen LogP contribution in [0.5, 0.6) is 0 Å². The predicted molar refractivity (Wildman–Crippen MR) is 117 cm³/mol. The van der Waals surface area contributed by atoms with Crippen LogP contribution in [-0.4, -0.2) is 31.3 Å². The summed E-state index contributed by atoms with van der Waals surface area (Å²) in [5.74, 6) is -0.951. The molecule has 4 aromatic rings. The maximum atomic E-state index is 13.6. The molecule has 3 heterocycles. The van der Waals surface area contributed by atoms with E-state index < -0.39 is 35.3 Å². The largest absolute Gasteiger partial charge is 0.433 e. The van der Waals surface area contributed by atoms with Crippen LogP contribution in [-0.2, 0) is 18.3 Å². The SMILES string of the molecule is N#Cc1sc2cc(Cn3cc(C(O)(C4CC4)C(F)(F)F)nn3)ccc2c1-c1ccc(C(F)(F)F)nc1. The van der Waals surface area contributed by atoms with Crippen LogP contribution in [0, 0.1) is 17.2 Å². The van der Waals surface area contributed by atoms with Crippen LogP contribution in [0.2, 0.25) is 0 Å². The number of fused-ring (bicyclic) bond motifs is 1. The van der Waals surface area contributed by atoms with Crippen LogP contribution in [0.25, 0.3) is 21.2 Å². The van der Waals surface area contributed by atoms with Gasteiger partial charge in [-0.15, -0.1) is 16.4 Å². The van der Waals surface area contributed by atoms with Gasteiger partial charge >= 0.3 is 12.4 Å². The van der Waals surface area contributed by atoms with Crippen LogP contribution in [0.3, 0.4) is 0 Å². The topological polar surface area (TPSA) is 87.6 Å². The minimum absolute atomic E-state index is 0.0541. The van der Waals surface area contributed by atoms with Gasteiger partial charge in [0.2, 0.25) is 5.60 Å². The van der Waals surface area contributed by atoms with Gasteiger partial charge in [0.1, 0.15) is 22.3 Å². The van der Waals surface area contributed by atoms with Crippen molar-refractivity contribution in [1.82, 2.24) is 20.0 Å². The minimum atomic E-state index is -4.89. The summed E-state index contributed by atoms with van der Waals surface area (Å²) < 4.78 is 81.1. The highest BCUT2D eigenvalue weighted by Gasteiger charge is 2.64. The van der Waals surface area contributed by atoms with E-state index in [-0.39, 0.29) is 24.3 Å². The first-order valence-electron chi connectivity index (χ1n) is 10.6. The van der Waals surface area contributed by atoms with Crippen molar-refractivity contribution in [2.24, 2.45) is 5.92 Å². The zero-order chi connectivity index (χ0) is 25.9. The molecule has 13 heteroatoms.